The first kappa shape index (κ1) is 17.5. The van der Waals surface area contributed by atoms with Crippen molar-refractivity contribution < 1.29 is 0 Å². The van der Waals surface area contributed by atoms with Gasteiger partial charge in [-0.2, -0.15) is 0 Å². The topological polar surface area (TPSA) is 0 Å². The molecule has 0 aliphatic rings. The predicted molar refractivity (Wildman–Crippen MR) is 72.1 cm³/mol. The zero-order valence-electron chi connectivity index (χ0n) is 11.4. The molecule has 0 rings (SSSR count). The summed E-state index contributed by atoms with van der Waals surface area (Å²) in [5.74, 6) is 0. The largest absolute Gasteiger partial charge is 0.147 e. The summed E-state index contributed by atoms with van der Waals surface area (Å²) in [5.41, 5.74) is 0. The summed E-state index contributed by atoms with van der Waals surface area (Å²) in [7, 11) is 0. The van der Waals surface area contributed by atoms with Gasteiger partial charge in [0.2, 0.25) is 0 Å². The van der Waals surface area contributed by atoms with E-state index >= 15 is 0 Å². The van der Waals surface area contributed by atoms with Gasteiger partial charge in [-0.1, -0.05) is 0 Å². The van der Waals surface area contributed by atoms with Crippen molar-refractivity contribution in [1.82, 2.24) is 0 Å². The minimum absolute atomic E-state index is 0. The van der Waals surface area contributed by atoms with Crippen LogP contribution in [-0.4, -0.2) is 19.8 Å². The number of rotatable bonds is 0. The minimum atomic E-state index is -1.43. The van der Waals surface area contributed by atoms with Gasteiger partial charge in [0, 0.05) is 0 Å². The van der Waals surface area contributed by atoms with Crippen LogP contribution < -0.4 is 0 Å². The SMILES string of the molecule is C[C](C)(C)[Sn]([C](C)(C)C)[C](C)(C)C.Cl. The molecule has 0 aromatic carbocycles. The second kappa shape index (κ2) is 4.95. The number of hydrogen-bond acceptors (Lipinski definition) is 0. The summed E-state index contributed by atoms with van der Waals surface area (Å²) in [4.78, 5) is 0. The Morgan fingerprint density at radius 3 is 0.643 bits per heavy atom. The van der Waals surface area contributed by atoms with E-state index in [1.165, 1.54) is 0 Å². The molecule has 14 heavy (non-hydrogen) atoms. The van der Waals surface area contributed by atoms with Gasteiger partial charge in [0.25, 0.3) is 0 Å². The normalized spacial score (nSPS) is 14.1. The third kappa shape index (κ3) is 5.25. The Kier molecular flexibility index (Phi) is 6.18. The van der Waals surface area contributed by atoms with Crippen molar-refractivity contribution in [2.24, 2.45) is 0 Å². The molecule has 0 N–H and O–H groups in total. The van der Waals surface area contributed by atoms with E-state index in [1.807, 2.05) is 0 Å². The van der Waals surface area contributed by atoms with Gasteiger partial charge in [-0.25, -0.2) is 0 Å². The quantitative estimate of drug-likeness (QED) is 0.530. The zero-order valence-corrected chi connectivity index (χ0v) is 15.1. The molecule has 0 aliphatic carbocycles. The van der Waals surface area contributed by atoms with Crippen LogP contribution in [0.3, 0.4) is 0 Å². The molecule has 1 radical (unpaired) electrons. The van der Waals surface area contributed by atoms with Crippen molar-refractivity contribution in [2.75, 3.05) is 0 Å². The van der Waals surface area contributed by atoms with Crippen molar-refractivity contribution in [1.29, 1.82) is 0 Å². The molecule has 0 aromatic rings. The van der Waals surface area contributed by atoms with Gasteiger partial charge in [-0.05, 0) is 0 Å². The maximum Gasteiger partial charge on any atom is -0.147 e. The van der Waals surface area contributed by atoms with E-state index in [2.05, 4.69) is 62.3 Å². The van der Waals surface area contributed by atoms with E-state index in [4.69, 9.17) is 0 Å². The fourth-order valence-electron chi connectivity index (χ4n) is 3.38. The van der Waals surface area contributed by atoms with Crippen molar-refractivity contribution >= 4 is 32.2 Å². The molecule has 0 saturated heterocycles. The van der Waals surface area contributed by atoms with Gasteiger partial charge < -0.3 is 0 Å². The van der Waals surface area contributed by atoms with Crippen LogP contribution in [0, 0.1) is 0 Å². The monoisotopic (exact) mass is 327 g/mol. The van der Waals surface area contributed by atoms with E-state index in [1.54, 1.807) is 0 Å². The van der Waals surface area contributed by atoms with E-state index in [-0.39, 0.29) is 12.4 Å². The third-order valence-electron chi connectivity index (χ3n) is 2.25. The molecular formula is C12H28ClSn. The van der Waals surface area contributed by atoms with Crippen molar-refractivity contribution in [3.05, 3.63) is 0 Å². The second-order valence-corrected chi connectivity index (χ2v) is 22.1. The second-order valence-electron chi connectivity index (χ2n) is 7.12. The zero-order chi connectivity index (χ0) is 11.1. The van der Waals surface area contributed by atoms with Crippen molar-refractivity contribution in [2.45, 2.75) is 72.6 Å². The molecule has 0 spiro atoms. The first-order chi connectivity index (χ1) is 5.37. The summed E-state index contributed by atoms with van der Waals surface area (Å²) in [5, 5.41) is 0. The van der Waals surface area contributed by atoms with Crippen LogP contribution in [0.15, 0.2) is 0 Å². The molecule has 0 unspecified atom stereocenters. The molecule has 0 amide bonds. The number of halogens is 1. The standard InChI is InChI=1S/3C4H9.ClH.Sn/c3*1-4(2)3;;/h3*1-3H3;1H;. The Hall–Kier alpha value is 1.09. The van der Waals surface area contributed by atoms with Crippen LogP contribution in [0.4, 0.5) is 0 Å². The fraction of sp³-hybridized carbons (Fsp3) is 1.00. The van der Waals surface area contributed by atoms with Crippen LogP contribution in [0.1, 0.15) is 62.3 Å². The molecule has 2 heteroatoms. The first-order valence-electron chi connectivity index (χ1n) is 5.25. The molecule has 87 valence electrons. The molecule has 0 bridgehead atoms. The Labute approximate surface area is 104 Å². The average molecular weight is 327 g/mol. The summed E-state index contributed by atoms with van der Waals surface area (Å²) in [6.07, 6.45) is 0. The Morgan fingerprint density at radius 2 is 0.643 bits per heavy atom. The smallest absolute Gasteiger partial charge is 0.147 e. The summed E-state index contributed by atoms with van der Waals surface area (Å²) >= 11 is -1.43. The van der Waals surface area contributed by atoms with Gasteiger partial charge in [-0.3, -0.25) is 0 Å². The predicted octanol–water partition coefficient (Wildman–Crippen LogP) is 5.30. The summed E-state index contributed by atoms with van der Waals surface area (Å²) in [6, 6.07) is 0. The van der Waals surface area contributed by atoms with Gasteiger partial charge in [0.1, 0.15) is 0 Å². The average Bonchev–Trinajstić information content (AvgIpc) is 1.44. The van der Waals surface area contributed by atoms with Gasteiger partial charge >= 0.3 is 92.4 Å². The maximum absolute atomic E-state index is 2.44. The van der Waals surface area contributed by atoms with E-state index in [9.17, 15) is 0 Å². The molecule has 0 fully saturated rings. The van der Waals surface area contributed by atoms with Gasteiger partial charge in [0.15, 0.2) is 0 Å². The van der Waals surface area contributed by atoms with E-state index in [0.717, 1.165) is 0 Å². The molecular weight excluding hydrogens is 298 g/mol. The van der Waals surface area contributed by atoms with E-state index in [0.29, 0.717) is 10.3 Å². The fourth-order valence-corrected chi connectivity index (χ4v) is 22.6. The van der Waals surface area contributed by atoms with E-state index < -0.39 is 19.8 Å². The molecule has 0 saturated carbocycles. The Morgan fingerprint density at radius 1 is 0.500 bits per heavy atom. The van der Waals surface area contributed by atoms with Crippen LogP contribution in [0.25, 0.3) is 0 Å². The Bertz CT molecular complexity index is 133. The molecule has 0 nitrogen and oxygen atoms in total. The molecule has 0 heterocycles. The Balaban J connectivity index is 0. The third-order valence-corrected chi connectivity index (χ3v) is 15.1. The van der Waals surface area contributed by atoms with Crippen LogP contribution in [-0.2, 0) is 0 Å². The first-order valence-corrected chi connectivity index (χ1v) is 9.53. The van der Waals surface area contributed by atoms with Gasteiger partial charge in [-0.15, -0.1) is 12.4 Å². The van der Waals surface area contributed by atoms with Crippen molar-refractivity contribution in [3.8, 4) is 0 Å². The molecule has 0 aliphatic heterocycles. The summed E-state index contributed by atoms with van der Waals surface area (Å²) < 4.78 is 1.75. The van der Waals surface area contributed by atoms with Crippen LogP contribution in [0.5, 0.6) is 0 Å². The molecule has 0 aromatic heterocycles. The summed E-state index contributed by atoms with van der Waals surface area (Å²) in [6.45, 7) is 22.0. The number of hydrogen-bond donors (Lipinski definition) is 0. The van der Waals surface area contributed by atoms with Crippen LogP contribution >= 0.6 is 12.4 Å². The maximum atomic E-state index is 2.44. The van der Waals surface area contributed by atoms with Gasteiger partial charge in [0.05, 0.1) is 0 Å². The molecule has 0 atom stereocenters. The van der Waals surface area contributed by atoms with Crippen molar-refractivity contribution in [3.63, 3.8) is 0 Å². The van der Waals surface area contributed by atoms with Crippen LogP contribution in [0.2, 0.25) is 10.3 Å². The minimum Gasteiger partial charge on any atom is -0.147 e.